The molecule has 0 atom stereocenters. The van der Waals surface area contributed by atoms with Crippen LogP contribution >= 0.6 is 12.2 Å². The van der Waals surface area contributed by atoms with E-state index in [9.17, 15) is 4.79 Å². The Morgan fingerprint density at radius 1 is 1.54 bits per heavy atom. The summed E-state index contributed by atoms with van der Waals surface area (Å²) in [6, 6.07) is 1.82. The maximum Gasteiger partial charge on any atom is 0.258 e. The molecule has 0 radical (unpaired) electrons. The van der Waals surface area contributed by atoms with Gasteiger partial charge in [-0.1, -0.05) is 12.2 Å². The Kier molecular flexibility index (Phi) is 1.92. The van der Waals surface area contributed by atoms with Crippen LogP contribution in [0.2, 0.25) is 0 Å². The highest BCUT2D eigenvalue weighted by Gasteiger charge is 2.14. The van der Waals surface area contributed by atoms with E-state index in [1.807, 2.05) is 6.07 Å². The average Bonchev–Trinajstić information content (AvgIpc) is 2.48. The van der Waals surface area contributed by atoms with E-state index >= 15 is 0 Å². The van der Waals surface area contributed by atoms with Crippen molar-refractivity contribution in [2.45, 2.75) is 19.3 Å². The molecule has 1 aliphatic carbocycles. The fourth-order valence-corrected chi connectivity index (χ4v) is 1.85. The molecule has 1 aromatic rings. The van der Waals surface area contributed by atoms with E-state index in [1.165, 1.54) is 5.56 Å². The Morgan fingerprint density at radius 3 is 3.00 bits per heavy atom. The van der Waals surface area contributed by atoms with Crippen LogP contribution in [0, 0.1) is 0 Å². The first-order chi connectivity index (χ1) is 6.18. The zero-order chi connectivity index (χ0) is 9.42. The second-order valence-electron chi connectivity index (χ2n) is 3.23. The molecule has 68 valence electrons. The topological polar surface area (TPSA) is 58.9 Å². The minimum Gasteiger partial charge on any atom is -0.389 e. The number of pyridine rings is 1. The highest BCUT2D eigenvalue weighted by molar-refractivity contribution is 7.80. The summed E-state index contributed by atoms with van der Waals surface area (Å²) in [5.41, 5.74) is 7.93. The number of rotatable bonds is 1. The molecule has 0 amide bonds. The van der Waals surface area contributed by atoms with E-state index in [1.54, 1.807) is 0 Å². The Hall–Kier alpha value is -1.16. The number of fused-ring (bicyclic) bond motifs is 1. The lowest BCUT2D eigenvalue weighted by Crippen LogP contribution is -2.23. The van der Waals surface area contributed by atoms with E-state index in [0.29, 0.717) is 5.56 Å². The van der Waals surface area contributed by atoms with Crippen molar-refractivity contribution in [3.63, 3.8) is 0 Å². The molecule has 3 N–H and O–H groups in total. The molecule has 0 aromatic carbocycles. The second kappa shape index (κ2) is 2.96. The molecule has 0 spiro atoms. The van der Waals surface area contributed by atoms with Gasteiger partial charge in [0.05, 0.1) is 5.56 Å². The summed E-state index contributed by atoms with van der Waals surface area (Å²) in [4.78, 5) is 14.4. The summed E-state index contributed by atoms with van der Waals surface area (Å²) in [6.45, 7) is 0. The first-order valence-corrected chi connectivity index (χ1v) is 4.64. The molecule has 0 saturated heterocycles. The van der Waals surface area contributed by atoms with Gasteiger partial charge in [-0.25, -0.2) is 0 Å². The van der Waals surface area contributed by atoms with Crippen molar-refractivity contribution < 1.29 is 0 Å². The van der Waals surface area contributed by atoms with Crippen LogP contribution in [-0.4, -0.2) is 9.97 Å². The molecular weight excluding hydrogens is 184 g/mol. The summed E-state index contributed by atoms with van der Waals surface area (Å²) in [5.74, 6) is 0. The number of aromatic amines is 1. The van der Waals surface area contributed by atoms with Gasteiger partial charge in [0.15, 0.2) is 0 Å². The van der Waals surface area contributed by atoms with Gasteiger partial charge in [-0.05, 0) is 30.9 Å². The minimum atomic E-state index is -0.159. The maximum absolute atomic E-state index is 11.4. The zero-order valence-corrected chi connectivity index (χ0v) is 7.91. The van der Waals surface area contributed by atoms with Crippen molar-refractivity contribution in [2.24, 2.45) is 5.73 Å². The van der Waals surface area contributed by atoms with E-state index in [2.05, 4.69) is 4.98 Å². The van der Waals surface area contributed by atoms with Crippen LogP contribution in [0.15, 0.2) is 10.9 Å². The van der Waals surface area contributed by atoms with Gasteiger partial charge in [-0.2, -0.15) is 0 Å². The van der Waals surface area contributed by atoms with Gasteiger partial charge in [-0.15, -0.1) is 0 Å². The zero-order valence-electron chi connectivity index (χ0n) is 7.09. The molecule has 0 aliphatic heterocycles. The Balaban J connectivity index is 2.62. The van der Waals surface area contributed by atoms with Crippen molar-refractivity contribution in [1.29, 1.82) is 0 Å². The highest BCUT2D eigenvalue weighted by Crippen LogP contribution is 2.18. The van der Waals surface area contributed by atoms with Crippen molar-refractivity contribution in [2.75, 3.05) is 0 Å². The van der Waals surface area contributed by atoms with Crippen LogP contribution < -0.4 is 11.3 Å². The molecule has 0 unspecified atom stereocenters. The predicted molar refractivity (Wildman–Crippen MR) is 55.0 cm³/mol. The largest absolute Gasteiger partial charge is 0.389 e. The average molecular weight is 194 g/mol. The second-order valence-corrected chi connectivity index (χ2v) is 3.67. The number of hydrogen-bond acceptors (Lipinski definition) is 2. The molecule has 0 bridgehead atoms. The third kappa shape index (κ3) is 1.37. The number of aromatic nitrogens is 1. The van der Waals surface area contributed by atoms with E-state index in [4.69, 9.17) is 18.0 Å². The van der Waals surface area contributed by atoms with Gasteiger partial charge >= 0.3 is 0 Å². The van der Waals surface area contributed by atoms with Crippen LogP contribution in [0.3, 0.4) is 0 Å². The Bertz CT molecular complexity index is 422. The van der Waals surface area contributed by atoms with Crippen LogP contribution in [0.1, 0.15) is 23.2 Å². The van der Waals surface area contributed by atoms with Gasteiger partial charge < -0.3 is 10.7 Å². The third-order valence-electron chi connectivity index (χ3n) is 2.35. The first-order valence-electron chi connectivity index (χ1n) is 4.23. The van der Waals surface area contributed by atoms with Crippen LogP contribution in [0.5, 0.6) is 0 Å². The molecule has 1 heterocycles. The quantitative estimate of drug-likeness (QED) is 0.640. The summed E-state index contributed by atoms with van der Waals surface area (Å²) in [6.07, 6.45) is 3.08. The monoisotopic (exact) mass is 194 g/mol. The van der Waals surface area contributed by atoms with Crippen molar-refractivity contribution in [1.82, 2.24) is 4.98 Å². The maximum atomic E-state index is 11.4. The molecule has 4 heteroatoms. The fourth-order valence-electron chi connectivity index (χ4n) is 1.70. The molecule has 1 aliphatic rings. The number of nitrogens with two attached hydrogens (primary N) is 1. The molecule has 13 heavy (non-hydrogen) atoms. The van der Waals surface area contributed by atoms with Crippen LogP contribution in [-0.2, 0) is 12.8 Å². The molecule has 0 saturated carbocycles. The van der Waals surface area contributed by atoms with Crippen molar-refractivity contribution in [3.05, 3.63) is 33.2 Å². The van der Waals surface area contributed by atoms with Gasteiger partial charge in [0.2, 0.25) is 0 Å². The van der Waals surface area contributed by atoms with Crippen molar-refractivity contribution in [3.8, 4) is 0 Å². The lowest BCUT2D eigenvalue weighted by atomic mass is 10.1. The standard InChI is InChI=1S/C9H10N2OS/c10-8(13)6-4-5-2-1-3-7(5)11-9(6)12/h4H,1-3H2,(H2,10,13)(H,11,12). The van der Waals surface area contributed by atoms with Gasteiger partial charge in [0.1, 0.15) is 4.99 Å². The number of thiocarbonyl (C=S) groups is 1. The van der Waals surface area contributed by atoms with Gasteiger partial charge in [0, 0.05) is 5.69 Å². The lowest BCUT2D eigenvalue weighted by molar-refractivity contribution is 0.897. The molecule has 3 nitrogen and oxygen atoms in total. The first kappa shape index (κ1) is 8.44. The number of nitrogens with one attached hydrogen (secondary N) is 1. The SMILES string of the molecule is NC(=S)c1cc2c([nH]c1=O)CCC2. The fraction of sp³-hybridized carbons (Fsp3) is 0.333. The molecule has 1 aromatic heterocycles. The minimum absolute atomic E-state index is 0.159. The Labute approximate surface area is 81.0 Å². The Morgan fingerprint density at radius 2 is 2.31 bits per heavy atom. The number of aryl methyl sites for hydroxylation is 2. The normalized spacial score (nSPS) is 14.2. The molecular formula is C9H10N2OS. The van der Waals surface area contributed by atoms with Crippen LogP contribution in [0.25, 0.3) is 0 Å². The summed E-state index contributed by atoms with van der Waals surface area (Å²) < 4.78 is 0. The van der Waals surface area contributed by atoms with Crippen LogP contribution in [0.4, 0.5) is 0 Å². The lowest BCUT2D eigenvalue weighted by Gasteiger charge is -2.01. The third-order valence-corrected chi connectivity index (χ3v) is 2.57. The summed E-state index contributed by atoms with van der Waals surface area (Å²) in [7, 11) is 0. The van der Waals surface area contributed by atoms with E-state index in [0.717, 1.165) is 25.0 Å². The number of hydrogen-bond donors (Lipinski definition) is 2. The van der Waals surface area contributed by atoms with Gasteiger partial charge in [0.25, 0.3) is 5.56 Å². The molecule has 0 fully saturated rings. The highest BCUT2D eigenvalue weighted by atomic mass is 32.1. The summed E-state index contributed by atoms with van der Waals surface area (Å²) >= 11 is 4.78. The smallest absolute Gasteiger partial charge is 0.258 e. The number of H-pyrrole nitrogens is 1. The predicted octanol–water partition coefficient (Wildman–Crippen LogP) is 0.498. The summed E-state index contributed by atoms with van der Waals surface area (Å²) in [5, 5.41) is 0. The van der Waals surface area contributed by atoms with Crippen molar-refractivity contribution >= 4 is 17.2 Å². The molecule has 2 rings (SSSR count). The van der Waals surface area contributed by atoms with E-state index < -0.39 is 0 Å². The van der Waals surface area contributed by atoms with Gasteiger partial charge in [-0.3, -0.25) is 4.79 Å². The van der Waals surface area contributed by atoms with E-state index in [-0.39, 0.29) is 10.5 Å².